The highest BCUT2D eigenvalue weighted by atomic mass is 32.2. The third-order valence-electron chi connectivity index (χ3n) is 5.36. The molecule has 0 spiro atoms. The molecule has 2 saturated carbocycles. The van der Waals surface area contributed by atoms with Gasteiger partial charge in [0.15, 0.2) is 0 Å². The molecule has 0 aromatic rings. The maximum Gasteiger partial charge on any atom is 0.0658 e. The minimum absolute atomic E-state index is 0.347. The van der Waals surface area contributed by atoms with Crippen molar-refractivity contribution in [3.63, 3.8) is 0 Å². The maximum absolute atomic E-state index is 5.91. The van der Waals surface area contributed by atoms with Gasteiger partial charge >= 0.3 is 0 Å². The predicted octanol–water partition coefficient (Wildman–Crippen LogP) is 3.84. The molecule has 0 heterocycles. The Morgan fingerprint density at radius 1 is 1.26 bits per heavy atom. The van der Waals surface area contributed by atoms with Gasteiger partial charge in [-0.05, 0) is 38.4 Å². The van der Waals surface area contributed by atoms with Gasteiger partial charge < -0.3 is 10.1 Å². The van der Waals surface area contributed by atoms with E-state index in [1.54, 1.807) is 0 Å². The third kappa shape index (κ3) is 3.14. The highest BCUT2D eigenvalue weighted by Gasteiger charge is 2.52. The molecule has 0 radical (unpaired) electrons. The first-order valence-corrected chi connectivity index (χ1v) is 9.19. The number of hydrogen-bond acceptors (Lipinski definition) is 3. The maximum atomic E-state index is 5.91. The zero-order valence-electron chi connectivity index (χ0n) is 13.1. The van der Waals surface area contributed by atoms with E-state index in [4.69, 9.17) is 4.74 Å². The Labute approximate surface area is 123 Å². The van der Waals surface area contributed by atoms with E-state index in [9.17, 15) is 0 Å². The van der Waals surface area contributed by atoms with Gasteiger partial charge in [0.25, 0.3) is 0 Å². The highest BCUT2D eigenvalue weighted by molar-refractivity contribution is 7.99. The summed E-state index contributed by atoms with van der Waals surface area (Å²) in [5, 5.41) is 4.82. The molecule has 2 nitrogen and oxygen atoms in total. The van der Waals surface area contributed by atoms with Crippen LogP contribution < -0.4 is 5.32 Å². The summed E-state index contributed by atoms with van der Waals surface area (Å²) in [4.78, 5) is 0. The average Bonchev–Trinajstić information content (AvgIpc) is 2.84. The van der Waals surface area contributed by atoms with Gasteiger partial charge in [0.05, 0.1) is 6.10 Å². The van der Waals surface area contributed by atoms with Crippen molar-refractivity contribution in [1.29, 1.82) is 0 Å². The Morgan fingerprint density at radius 2 is 2.05 bits per heavy atom. The summed E-state index contributed by atoms with van der Waals surface area (Å²) in [6, 6.07) is 1.40. The molecule has 0 saturated heterocycles. The molecule has 2 rings (SSSR count). The second-order valence-electron chi connectivity index (χ2n) is 6.29. The molecule has 2 fully saturated rings. The fourth-order valence-corrected chi connectivity index (χ4v) is 5.01. The molecule has 112 valence electrons. The Kier molecular flexibility index (Phi) is 5.62. The SMILES string of the molecule is CCOC1CC(NC2CCCC2SCC)C1(C)CC. The van der Waals surface area contributed by atoms with Gasteiger partial charge in [-0.25, -0.2) is 0 Å². The van der Waals surface area contributed by atoms with Gasteiger partial charge in [-0.3, -0.25) is 0 Å². The van der Waals surface area contributed by atoms with Crippen LogP contribution in [0.25, 0.3) is 0 Å². The van der Waals surface area contributed by atoms with Gasteiger partial charge in [-0.1, -0.05) is 27.2 Å². The van der Waals surface area contributed by atoms with Crippen LogP contribution in [0.5, 0.6) is 0 Å². The van der Waals surface area contributed by atoms with Crippen molar-refractivity contribution < 1.29 is 4.74 Å². The van der Waals surface area contributed by atoms with E-state index >= 15 is 0 Å². The summed E-state index contributed by atoms with van der Waals surface area (Å²) < 4.78 is 5.91. The summed E-state index contributed by atoms with van der Waals surface area (Å²) in [5.74, 6) is 1.25. The van der Waals surface area contributed by atoms with E-state index in [-0.39, 0.29) is 0 Å². The molecular formula is C16H31NOS. The summed E-state index contributed by atoms with van der Waals surface area (Å²) in [6.45, 7) is 9.97. The van der Waals surface area contributed by atoms with E-state index in [1.807, 2.05) is 0 Å². The van der Waals surface area contributed by atoms with Crippen LogP contribution in [0.15, 0.2) is 0 Å². The Hall–Kier alpha value is 0.270. The van der Waals surface area contributed by atoms with Crippen molar-refractivity contribution in [2.75, 3.05) is 12.4 Å². The van der Waals surface area contributed by atoms with Gasteiger partial charge in [0.1, 0.15) is 0 Å². The first-order valence-electron chi connectivity index (χ1n) is 8.14. The Balaban J connectivity index is 1.89. The van der Waals surface area contributed by atoms with Crippen LogP contribution in [0.1, 0.15) is 59.8 Å². The van der Waals surface area contributed by atoms with Crippen LogP contribution in [-0.2, 0) is 4.74 Å². The van der Waals surface area contributed by atoms with Crippen molar-refractivity contribution in [2.24, 2.45) is 5.41 Å². The first-order chi connectivity index (χ1) is 9.15. The number of nitrogens with one attached hydrogen (secondary N) is 1. The largest absolute Gasteiger partial charge is 0.378 e. The fourth-order valence-electron chi connectivity index (χ4n) is 3.80. The molecule has 5 atom stereocenters. The van der Waals surface area contributed by atoms with E-state index < -0.39 is 0 Å². The van der Waals surface area contributed by atoms with Gasteiger partial charge in [0, 0.05) is 29.4 Å². The molecule has 2 aliphatic carbocycles. The quantitative estimate of drug-likeness (QED) is 0.768. The molecule has 0 aromatic carbocycles. The standard InChI is InChI=1S/C16H31NOS/c1-5-16(4)14(11-15(16)18-6-2)17-12-9-8-10-13(12)19-7-3/h12-15,17H,5-11H2,1-4H3. The fraction of sp³-hybridized carbons (Fsp3) is 1.00. The molecule has 0 aliphatic heterocycles. The minimum Gasteiger partial charge on any atom is -0.378 e. The molecule has 0 aromatic heterocycles. The van der Waals surface area contributed by atoms with E-state index in [2.05, 4.69) is 44.8 Å². The zero-order valence-corrected chi connectivity index (χ0v) is 13.9. The van der Waals surface area contributed by atoms with Crippen molar-refractivity contribution in [2.45, 2.75) is 83.2 Å². The summed E-state index contributed by atoms with van der Waals surface area (Å²) in [6.07, 6.45) is 7.07. The number of thioether (sulfide) groups is 1. The van der Waals surface area contributed by atoms with Crippen LogP contribution in [0, 0.1) is 5.41 Å². The molecule has 3 heteroatoms. The smallest absolute Gasteiger partial charge is 0.0658 e. The van der Waals surface area contributed by atoms with Gasteiger partial charge in [0.2, 0.25) is 0 Å². The molecule has 19 heavy (non-hydrogen) atoms. The second-order valence-corrected chi connectivity index (χ2v) is 7.81. The highest BCUT2D eigenvalue weighted by Crippen LogP contribution is 2.47. The lowest BCUT2D eigenvalue weighted by Gasteiger charge is -2.55. The van der Waals surface area contributed by atoms with Crippen LogP contribution in [0.4, 0.5) is 0 Å². The van der Waals surface area contributed by atoms with E-state index in [0.717, 1.165) is 17.9 Å². The van der Waals surface area contributed by atoms with Crippen molar-refractivity contribution >= 4 is 11.8 Å². The number of hydrogen-bond donors (Lipinski definition) is 1. The average molecular weight is 285 g/mol. The van der Waals surface area contributed by atoms with Crippen LogP contribution >= 0.6 is 11.8 Å². The molecule has 0 amide bonds. The second kappa shape index (κ2) is 6.82. The summed E-state index contributed by atoms with van der Waals surface area (Å²) in [7, 11) is 0. The van der Waals surface area contributed by atoms with Gasteiger partial charge in [-0.15, -0.1) is 0 Å². The lowest BCUT2D eigenvalue weighted by atomic mass is 9.61. The van der Waals surface area contributed by atoms with Crippen molar-refractivity contribution in [3.8, 4) is 0 Å². The molecule has 0 bridgehead atoms. The number of ether oxygens (including phenoxy) is 1. The van der Waals surface area contributed by atoms with Crippen molar-refractivity contribution in [1.82, 2.24) is 5.32 Å². The molecule has 2 aliphatic rings. The molecular weight excluding hydrogens is 254 g/mol. The first kappa shape index (κ1) is 15.7. The molecule has 5 unspecified atom stereocenters. The Bertz CT molecular complexity index is 286. The van der Waals surface area contributed by atoms with Crippen LogP contribution in [-0.4, -0.2) is 35.8 Å². The van der Waals surface area contributed by atoms with Gasteiger partial charge in [-0.2, -0.15) is 11.8 Å². The topological polar surface area (TPSA) is 21.3 Å². The Morgan fingerprint density at radius 3 is 2.68 bits per heavy atom. The van der Waals surface area contributed by atoms with Crippen molar-refractivity contribution in [3.05, 3.63) is 0 Å². The molecule has 1 N–H and O–H groups in total. The minimum atomic E-state index is 0.347. The number of rotatable bonds is 7. The normalized spacial score (nSPS) is 42.3. The van der Waals surface area contributed by atoms with Crippen LogP contribution in [0.3, 0.4) is 0 Å². The lowest BCUT2D eigenvalue weighted by molar-refractivity contribution is -0.127. The van der Waals surface area contributed by atoms with E-state index in [0.29, 0.717) is 17.6 Å². The summed E-state index contributed by atoms with van der Waals surface area (Å²) in [5.41, 5.74) is 0.347. The monoisotopic (exact) mass is 285 g/mol. The predicted molar refractivity (Wildman–Crippen MR) is 84.9 cm³/mol. The lowest BCUT2D eigenvalue weighted by Crippen LogP contribution is -2.64. The summed E-state index contributed by atoms with van der Waals surface area (Å²) >= 11 is 2.15. The van der Waals surface area contributed by atoms with E-state index in [1.165, 1.54) is 37.9 Å². The van der Waals surface area contributed by atoms with Crippen LogP contribution in [0.2, 0.25) is 0 Å². The zero-order chi connectivity index (χ0) is 13.9. The third-order valence-corrected chi connectivity index (χ3v) is 6.69.